The second-order valence-electron chi connectivity index (χ2n) is 12.0. The van der Waals surface area contributed by atoms with E-state index in [9.17, 15) is 19.2 Å². The normalized spacial score (nSPS) is 13.7. The molecule has 0 bridgehead atoms. The van der Waals surface area contributed by atoms with Gasteiger partial charge in [0.2, 0.25) is 17.7 Å². The SMILES string of the molecule is CCCCCNC(=O)C(c1ccccc1C)N(C(=O)C(CCC(N)=O)NC(=O)OC(C)(C)C)C(C)CCC(C)C. The lowest BCUT2D eigenvalue weighted by Crippen LogP contribution is -2.56. The molecule has 1 rings (SSSR count). The van der Waals surface area contributed by atoms with Crippen LogP contribution in [0.1, 0.15) is 111 Å². The molecule has 40 heavy (non-hydrogen) atoms. The summed E-state index contributed by atoms with van der Waals surface area (Å²) >= 11 is 0. The Morgan fingerprint density at radius 1 is 1.00 bits per heavy atom. The number of nitrogens with two attached hydrogens (primary N) is 1. The van der Waals surface area contributed by atoms with Crippen LogP contribution in [-0.2, 0) is 19.1 Å². The number of nitrogens with one attached hydrogen (secondary N) is 2. The van der Waals surface area contributed by atoms with Gasteiger partial charge in [0.15, 0.2) is 0 Å². The summed E-state index contributed by atoms with van der Waals surface area (Å²) < 4.78 is 5.42. The number of carbonyl (C=O) groups is 4. The van der Waals surface area contributed by atoms with Crippen LogP contribution in [0, 0.1) is 12.8 Å². The van der Waals surface area contributed by atoms with Crippen LogP contribution < -0.4 is 16.4 Å². The molecule has 0 saturated heterocycles. The Labute approximate surface area is 241 Å². The number of primary amides is 1. The van der Waals surface area contributed by atoms with E-state index in [1.807, 2.05) is 38.1 Å². The lowest BCUT2D eigenvalue weighted by Gasteiger charge is -2.39. The maximum atomic E-state index is 14.4. The number of alkyl carbamates (subject to hydrolysis) is 1. The zero-order valence-electron chi connectivity index (χ0n) is 25.8. The van der Waals surface area contributed by atoms with Gasteiger partial charge in [-0.05, 0) is 77.3 Å². The fourth-order valence-corrected chi connectivity index (χ4v) is 4.48. The van der Waals surface area contributed by atoms with Crippen LogP contribution in [0.15, 0.2) is 24.3 Å². The number of nitrogens with zero attached hydrogens (tertiary/aromatic N) is 1. The largest absolute Gasteiger partial charge is 0.444 e. The van der Waals surface area contributed by atoms with E-state index in [0.29, 0.717) is 24.4 Å². The van der Waals surface area contributed by atoms with E-state index in [0.717, 1.165) is 31.2 Å². The Morgan fingerprint density at radius 2 is 1.65 bits per heavy atom. The minimum atomic E-state index is -1.11. The van der Waals surface area contributed by atoms with Gasteiger partial charge in [0.1, 0.15) is 17.7 Å². The van der Waals surface area contributed by atoms with Crippen LogP contribution in [0.3, 0.4) is 0 Å². The van der Waals surface area contributed by atoms with Crippen molar-refractivity contribution >= 4 is 23.8 Å². The molecule has 3 unspecified atom stereocenters. The number of unbranched alkanes of at least 4 members (excludes halogenated alkanes) is 2. The monoisotopic (exact) mass is 560 g/mol. The molecule has 9 heteroatoms. The van der Waals surface area contributed by atoms with Crippen molar-refractivity contribution in [2.45, 2.75) is 124 Å². The Hall–Kier alpha value is -3.10. The number of aryl methyl sites for hydroxylation is 1. The van der Waals surface area contributed by atoms with Crippen molar-refractivity contribution in [2.24, 2.45) is 11.7 Å². The summed E-state index contributed by atoms with van der Waals surface area (Å²) in [4.78, 5) is 54.3. The molecule has 1 aromatic rings. The standard InChI is InChI=1S/C31H52N4O5/c1-9-10-13-20-33-28(37)27(24-15-12-11-14-22(24)4)35(23(5)17-16-21(2)3)29(38)25(18-19-26(32)36)34-30(39)40-31(6,7)8/h11-12,14-15,21,23,25,27H,9-10,13,16-20H2,1-8H3,(H2,32,36)(H,33,37)(H,34,39). The van der Waals surface area contributed by atoms with Crippen molar-refractivity contribution < 1.29 is 23.9 Å². The molecule has 226 valence electrons. The minimum Gasteiger partial charge on any atom is -0.444 e. The topological polar surface area (TPSA) is 131 Å². The Kier molecular flexibility index (Phi) is 14.7. The molecule has 0 saturated carbocycles. The lowest BCUT2D eigenvalue weighted by atomic mass is 9.94. The molecule has 9 nitrogen and oxygen atoms in total. The summed E-state index contributed by atoms with van der Waals surface area (Å²) in [5, 5.41) is 5.70. The molecule has 0 aliphatic carbocycles. The summed E-state index contributed by atoms with van der Waals surface area (Å²) in [5.74, 6) is -0.932. The van der Waals surface area contributed by atoms with E-state index >= 15 is 0 Å². The first-order valence-corrected chi connectivity index (χ1v) is 14.6. The molecule has 0 heterocycles. The first-order chi connectivity index (χ1) is 18.7. The molecule has 0 aliphatic heterocycles. The highest BCUT2D eigenvalue weighted by molar-refractivity contribution is 5.93. The lowest BCUT2D eigenvalue weighted by molar-refractivity contribution is -0.145. The van der Waals surface area contributed by atoms with Gasteiger partial charge in [-0.2, -0.15) is 0 Å². The van der Waals surface area contributed by atoms with Gasteiger partial charge in [0.25, 0.3) is 0 Å². The smallest absolute Gasteiger partial charge is 0.408 e. The highest BCUT2D eigenvalue weighted by Crippen LogP contribution is 2.30. The minimum absolute atomic E-state index is 0.0145. The van der Waals surface area contributed by atoms with Gasteiger partial charge in [-0.15, -0.1) is 0 Å². The molecule has 1 aromatic carbocycles. The Bertz CT molecular complexity index is 973. The first kappa shape index (κ1) is 34.9. The van der Waals surface area contributed by atoms with Crippen LogP contribution in [0.2, 0.25) is 0 Å². The number of rotatable bonds is 16. The van der Waals surface area contributed by atoms with Gasteiger partial charge in [0, 0.05) is 19.0 Å². The fraction of sp³-hybridized carbons (Fsp3) is 0.677. The number of carbonyl (C=O) groups excluding carboxylic acids is 4. The van der Waals surface area contributed by atoms with Crippen molar-refractivity contribution in [2.75, 3.05) is 6.54 Å². The summed E-state index contributed by atoms with van der Waals surface area (Å²) in [5.41, 5.74) is 6.22. The van der Waals surface area contributed by atoms with Crippen LogP contribution in [-0.4, -0.2) is 52.9 Å². The third-order valence-corrected chi connectivity index (χ3v) is 6.65. The third-order valence-electron chi connectivity index (χ3n) is 6.65. The van der Waals surface area contributed by atoms with Gasteiger partial charge < -0.3 is 26.0 Å². The summed E-state index contributed by atoms with van der Waals surface area (Å²) in [6, 6.07) is 5.15. The van der Waals surface area contributed by atoms with Gasteiger partial charge in [-0.3, -0.25) is 14.4 Å². The van der Waals surface area contributed by atoms with Crippen LogP contribution in [0.5, 0.6) is 0 Å². The Morgan fingerprint density at radius 3 is 2.20 bits per heavy atom. The fourth-order valence-electron chi connectivity index (χ4n) is 4.48. The van der Waals surface area contributed by atoms with Crippen molar-refractivity contribution in [3.05, 3.63) is 35.4 Å². The molecule has 0 aliphatic rings. The number of amides is 4. The van der Waals surface area contributed by atoms with E-state index in [-0.39, 0.29) is 24.8 Å². The number of hydrogen-bond donors (Lipinski definition) is 3. The van der Waals surface area contributed by atoms with Crippen molar-refractivity contribution in [1.82, 2.24) is 15.5 Å². The third kappa shape index (κ3) is 12.4. The van der Waals surface area contributed by atoms with Gasteiger partial charge in [-0.25, -0.2) is 4.79 Å². The van der Waals surface area contributed by atoms with Gasteiger partial charge in [-0.1, -0.05) is 57.9 Å². The molecular formula is C31H52N4O5. The van der Waals surface area contributed by atoms with Gasteiger partial charge in [0.05, 0.1) is 0 Å². The van der Waals surface area contributed by atoms with Crippen molar-refractivity contribution in [3.63, 3.8) is 0 Å². The number of hydrogen-bond acceptors (Lipinski definition) is 5. The van der Waals surface area contributed by atoms with E-state index < -0.39 is 35.6 Å². The zero-order chi connectivity index (χ0) is 30.5. The highest BCUT2D eigenvalue weighted by atomic mass is 16.6. The first-order valence-electron chi connectivity index (χ1n) is 14.6. The molecule has 0 spiro atoms. The molecule has 4 amide bonds. The van der Waals surface area contributed by atoms with Crippen molar-refractivity contribution in [1.29, 1.82) is 0 Å². The average molecular weight is 561 g/mol. The van der Waals surface area contributed by atoms with Crippen LogP contribution in [0.4, 0.5) is 4.79 Å². The molecule has 0 radical (unpaired) electrons. The summed E-state index contributed by atoms with van der Waals surface area (Å²) in [6.07, 6.45) is 3.43. The summed E-state index contributed by atoms with van der Waals surface area (Å²) in [6.45, 7) is 15.8. The molecule has 0 fully saturated rings. The quantitative estimate of drug-likeness (QED) is 0.241. The predicted molar refractivity (Wildman–Crippen MR) is 158 cm³/mol. The van der Waals surface area contributed by atoms with Crippen LogP contribution >= 0.6 is 0 Å². The Balaban J connectivity index is 3.60. The van der Waals surface area contributed by atoms with E-state index in [1.165, 1.54) is 0 Å². The maximum absolute atomic E-state index is 14.4. The second kappa shape index (κ2) is 16.9. The predicted octanol–water partition coefficient (Wildman–Crippen LogP) is 5.15. The van der Waals surface area contributed by atoms with E-state index in [4.69, 9.17) is 10.5 Å². The van der Waals surface area contributed by atoms with Gasteiger partial charge >= 0.3 is 6.09 Å². The summed E-state index contributed by atoms with van der Waals surface area (Å²) in [7, 11) is 0. The second-order valence-corrected chi connectivity index (χ2v) is 12.0. The molecular weight excluding hydrogens is 508 g/mol. The number of ether oxygens (including phenoxy) is 1. The average Bonchev–Trinajstić information content (AvgIpc) is 2.85. The van der Waals surface area contributed by atoms with E-state index in [1.54, 1.807) is 25.7 Å². The van der Waals surface area contributed by atoms with Crippen molar-refractivity contribution in [3.8, 4) is 0 Å². The number of benzene rings is 1. The maximum Gasteiger partial charge on any atom is 0.408 e. The van der Waals surface area contributed by atoms with E-state index in [2.05, 4.69) is 31.4 Å². The zero-order valence-corrected chi connectivity index (χ0v) is 25.8. The van der Waals surface area contributed by atoms with Crippen LogP contribution in [0.25, 0.3) is 0 Å². The molecule has 0 aromatic heterocycles. The molecule has 4 N–H and O–H groups in total. The highest BCUT2D eigenvalue weighted by Gasteiger charge is 2.39. The molecule has 3 atom stereocenters.